The van der Waals surface area contributed by atoms with Crippen LogP contribution in [0, 0.1) is 0 Å². The Kier molecular flexibility index (Phi) is 8.14. The SMILES string of the molecule is CCCCNC(=O)c1ccc(CNC(=O)CNC(=O)c2cc(-c3ccccc3)on2)cc1. The van der Waals surface area contributed by atoms with Gasteiger partial charge >= 0.3 is 0 Å². The van der Waals surface area contributed by atoms with Crippen LogP contribution in [0.5, 0.6) is 0 Å². The summed E-state index contributed by atoms with van der Waals surface area (Å²) in [5.41, 5.74) is 2.33. The third-order valence-corrected chi connectivity index (χ3v) is 4.73. The summed E-state index contributed by atoms with van der Waals surface area (Å²) in [4.78, 5) is 36.3. The van der Waals surface area contributed by atoms with Gasteiger partial charge in [0.1, 0.15) is 0 Å². The summed E-state index contributed by atoms with van der Waals surface area (Å²) in [5.74, 6) is -0.473. The number of amides is 3. The number of hydrogen-bond acceptors (Lipinski definition) is 5. The van der Waals surface area contributed by atoms with E-state index in [1.807, 2.05) is 30.3 Å². The normalized spacial score (nSPS) is 10.4. The number of nitrogens with zero attached hydrogens (tertiary/aromatic N) is 1. The molecule has 0 unspecified atom stereocenters. The van der Waals surface area contributed by atoms with Crippen LogP contribution in [-0.2, 0) is 11.3 Å². The van der Waals surface area contributed by atoms with E-state index in [1.165, 1.54) is 6.07 Å². The number of benzene rings is 2. The third-order valence-electron chi connectivity index (χ3n) is 4.73. The zero-order valence-corrected chi connectivity index (χ0v) is 17.9. The lowest BCUT2D eigenvalue weighted by molar-refractivity contribution is -0.120. The standard InChI is InChI=1S/C24H26N4O4/c1-2-3-13-25-23(30)19-11-9-17(10-12-19)15-26-22(29)16-27-24(31)20-14-21(32-28-20)18-7-5-4-6-8-18/h4-12,14H,2-3,13,15-16H2,1H3,(H,25,30)(H,26,29)(H,27,31). The van der Waals surface area contributed by atoms with Crippen molar-refractivity contribution in [2.75, 3.05) is 13.1 Å². The molecule has 8 heteroatoms. The monoisotopic (exact) mass is 434 g/mol. The van der Waals surface area contributed by atoms with Crippen LogP contribution in [0.1, 0.15) is 46.2 Å². The molecule has 3 aromatic rings. The Balaban J connectivity index is 1.42. The molecule has 3 rings (SSSR count). The molecule has 3 amide bonds. The average molecular weight is 434 g/mol. The van der Waals surface area contributed by atoms with E-state index in [2.05, 4.69) is 28.0 Å². The van der Waals surface area contributed by atoms with Gasteiger partial charge in [-0.1, -0.05) is 61.0 Å². The van der Waals surface area contributed by atoms with Crippen molar-refractivity contribution >= 4 is 17.7 Å². The molecule has 0 saturated heterocycles. The Bertz CT molecular complexity index is 1050. The molecule has 32 heavy (non-hydrogen) atoms. The first-order chi connectivity index (χ1) is 15.6. The first-order valence-corrected chi connectivity index (χ1v) is 10.5. The third kappa shape index (κ3) is 6.53. The molecule has 0 aliphatic heterocycles. The molecular formula is C24H26N4O4. The average Bonchev–Trinajstić information content (AvgIpc) is 3.33. The molecule has 0 spiro atoms. The second kappa shape index (κ2) is 11.5. The van der Waals surface area contributed by atoms with Gasteiger partial charge in [-0.25, -0.2) is 0 Å². The lowest BCUT2D eigenvalue weighted by Gasteiger charge is -2.08. The molecule has 8 nitrogen and oxygen atoms in total. The highest BCUT2D eigenvalue weighted by atomic mass is 16.5. The van der Waals surface area contributed by atoms with Crippen LogP contribution in [0.3, 0.4) is 0 Å². The minimum Gasteiger partial charge on any atom is -0.355 e. The molecule has 166 valence electrons. The maximum Gasteiger partial charge on any atom is 0.273 e. The van der Waals surface area contributed by atoms with E-state index in [-0.39, 0.29) is 30.6 Å². The van der Waals surface area contributed by atoms with Crippen LogP contribution < -0.4 is 16.0 Å². The highest BCUT2D eigenvalue weighted by molar-refractivity contribution is 5.95. The number of aromatic nitrogens is 1. The molecule has 0 aliphatic carbocycles. The zero-order chi connectivity index (χ0) is 22.8. The Morgan fingerprint density at radius 2 is 1.66 bits per heavy atom. The summed E-state index contributed by atoms with van der Waals surface area (Å²) >= 11 is 0. The lowest BCUT2D eigenvalue weighted by atomic mass is 10.1. The predicted octanol–water partition coefficient (Wildman–Crippen LogP) is 2.92. The Morgan fingerprint density at radius 1 is 0.906 bits per heavy atom. The van der Waals surface area contributed by atoms with Crippen molar-refractivity contribution in [2.45, 2.75) is 26.3 Å². The zero-order valence-electron chi connectivity index (χ0n) is 17.9. The molecule has 0 saturated carbocycles. The van der Waals surface area contributed by atoms with Gasteiger partial charge in [-0.3, -0.25) is 14.4 Å². The topological polar surface area (TPSA) is 113 Å². The summed E-state index contributed by atoms with van der Waals surface area (Å²) in [6.45, 7) is 2.82. The van der Waals surface area contributed by atoms with Gasteiger partial charge in [0.15, 0.2) is 11.5 Å². The van der Waals surface area contributed by atoms with Gasteiger partial charge in [0.25, 0.3) is 11.8 Å². The predicted molar refractivity (Wildman–Crippen MR) is 120 cm³/mol. The highest BCUT2D eigenvalue weighted by Gasteiger charge is 2.14. The number of unbranched alkanes of at least 4 members (excludes halogenated alkanes) is 1. The van der Waals surface area contributed by atoms with Gasteiger partial charge in [-0.2, -0.15) is 0 Å². The van der Waals surface area contributed by atoms with E-state index < -0.39 is 5.91 Å². The smallest absolute Gasteiger partial charge is 0.273 e. The molecule has 1 heterocycles. The van der Waals surface area contributed by atoms with Crippen molar-refractivity contribution in [3.8, 4) is 11.3 Å². The fraction of sp³-hybridized carbons (Fsp3) is 0.250. The van der Waals surface area contributed by atoms with Crippen molar-refractivity contribution < 1.29 is 18.9 Å². The summed E-state index contributed by atoms with van der Waals surface area (Å²) in [7, 11) is 0. The molecule has 0 bridgehead atoms. The largest absolute Gasteiger partial charge is 0.355 e. The van der Waals surface area contributed by atoms with Crippen LogP contribution in [-0.4, -0.2) is 36.0 Å². The second-order valence-electron chi connectivity index (χ2n) is 7.21. The molecule has 0 atom stereocenters. The van der Waals surface area contributed by atoms with E-state index in [9.17, 15) is 14.4 Å². The molecule has 0 radical (unpaired) electrons. The summed E-state index contributed by atoms with van der Waals surface area (Å²) < 4.78 is 5.20. The van der Waals surface area contributed by atoms with Crippen LogP contribution in [0.2, 0.25) is 0 Å². The Morgan fingerprint density at radius 3 is 2.38 bits per heavy atom. The van der Waals surface area contributed by atoms with Gasteiger partial charge in [-0.05, 0) is 24.1 Å². The molecule has 1 aromatic heterocycles. The van der Waals surface area contributed by atoms with E-state index in [4.69, 9.17) is 4.52 Å². The van der Waals surface area contributed by atoms with Crippen LogP contribution >= 0.6 is 0 Å². The number of rotatable bonds is 10. The quantitative estimate of drug-likeness (QED) is 0.425. The number of hydrogen-bond donors (Lipinski definition) is 3. The molecule has 2 aromatic carbocycles. The first kappa shape index (κ1) is 22.7. The van der Waals surface area contributed by atoms with E-state index in [1.54, 1.807) is 24.3 Å². The maximum atomic E-state index is 12.2. The molecular weight excluding hydrogens is 408 g/mol. The molecule has 0 aliphatic rings. The fourth-order valence-electron chi connectivity index (χ4n) is 2.89. The number of nitrogens with one attached hydrogen (secondary N) is 3. The minimum absolute atomic E-state index is 0.101. The number of carbonyl (C=O) groups is 3. The van der Waals surface area contributed by atoms with Crippen molar-refractivity contribution in [1.29, 1.82) is 0 Å². The highest BCUT2D eigenvalue weighted by Crippen LogP contribution is 2.19. The summed E-state index contributed by atoms with van der Waals surface area (Å²) in [5, 5.41) is 11.9. The lowest BCUT2D eigenvalue weighted by Crippen LogP contribution is -2.36. The van der Waals surface area contributed by atoms with Gasteiger partial charge in [-0.15, -0.1) is 0 Å². The maximum absolute atomic E-state index is 12.2. The number of carbonyl (C=O) groups excluding carboxylic acids is 3. The van der Waals surface area contributed by atoms with Crippen LogP contribution in [0.25, 0.3) is 11.3 Å². The van der Waals surface area contributed by atoms with E-state index >= 15 is 0 Å². The van der Waals surface area contributed by atoms with E-state index in [0.29, 0.717) is 17.9 Å². The Labute approximate surface area is 186 Å². The Hall–Kier alpha value is -3.94. The van der Waals surface area contributed by atoms with Crippen molar-refractivity contribution in [2.24, 2.45) is 0 Å². The van der Waals surface area contributed by atoms with Crippen LogP contribution in [0.15, 0.2) is 65.2 Å². The first-order valence-electron chi connectivity index (χ1n) is 10.5. The van der Waals surface area contributed by atoms with Crippen molar-refractivity contribution in [3.05, 3.63) is 77.5 Å². The molecule has 3 N–H and O–H groups in total. The minimum atomic E-state index is -0.496. The van der Waals surface area contributed by atoms with Crippen molar-refractivity contribution in [3.63, 3.8) is 0 Å². The van der Waals surface area contributed by atoms with Gasteiger partial charge in [0, 0.05) is 30.3 Å². The van der Waals surface area contributed by atoms with Gasteiger partial charge < -0.3 is 20.5 Å². The summed E-state index contributed by atoms with van der Waals surface area (Å²) in [6.07, 6.45) is 1.96. The molecule has 0 fully saturated rings. The van der Waals surface area contributed by atoms with Gasteiger partial charge in [0.05, 0.1) is 6.54 Å². The van der Waals surface area contributed by atoms with Crippen LogP contribution in [0.4, 0.5) is 0 Å². The second-order valence-corrected chi connectivity index (χ2v) is 7.21. The van der Waals surface area contributed by atoms with E-state index in [0.717, 1.165) is 24.0 Å². The summed E-state index contributed by atoms with van der Waals surface area (Å²) in [6, 6.07) is 17.8. The fourth-order valence-corrected chi connectivity index (χ4v) is 2.89. The van der Waals surface area contributed by atoms with Gasteiger partial charge in [0.2, 0.25) is 5.91 Å². The van der Waals surface area contributed by atoms with Crippen molar-refractivity contribution in [1.82, 2.24) is 21.1 Å².